The molecule has 1 aliphatic heterocycles. The fourth-order valence-electron chi connectivity index (χ4n) is 4.61. The quantitative estimate of drug-likeness (QED) is 0.285. The van der Waals surface area contributed by atoms with E-state index in [2.05, 4.69) is 43.1 Å². The molecule has 1 aliphatic rings. The number of thiocarbonyl (C=S) groups is 1. The van der Waals surface area contributed by atoms with E-state index in [1.54, 1.807) is 12.4 Å². The first-order valence-electron chi connectivity index (χ1n) is 11.7. The number of rotatable bonds is 6. The van der Waals surface area contributed by atoms with Gasteiger partial charge in [0.2, 0.25) is 0 Å². The molecule has 0 aliphatic carbocycles. The minimum absolute atomic E-state index is 0.128. The molecule has 6 rings (SSSR count). The first kappa shape index (κ1) is 22.0. The van der Waals surface area contributed by atoms with Crippen molar-refractivity contribution in [2.75, 3.05) is 4.90 Å². The summed E-state index contributed by atoms with van der Waals surface area (Å²) in [4.78, 5) is 11.0. The summed E-state index contributed by atoms with van der Waals surface area (Å²) in [5.74, 6) is 1.56. The third kappa shape index (κ3) is 4.21. The number of aromatic nitrogens is 3. The van der Waals surface area contributed by atoms with E-state index in [-0.39, 0.29) is 12.1 Å². The summed E-state index contributed by atoms with van der Waals surface area (Å²) >= 11 is 5.88. The Morgan fingerprint density at radius 1 is 0.722 bits per heavy atom. The molecule has 0 saturated carbocycles. The lowest BCUT2D eigenvalue weighted by Crippen LogP contribution is -2.30. The number of anilines is 1. The van der Waals surface area contributed by atoms with Gasteiger partial charge in [-0.2, -0.15) is 0 Å². The van der Waals surface area contributed by atoms with Gasteiger partial charge >= 0.3 is 0 Å². The average molecular weight is 490 g/mol. The first-order chi connectivity index (χ1) is 17.8. The van der Waals surface area contributed by atoms with Crippen molar-refractivity contribution in [2.24, 2.45) is 0 Å². The molecule has 1 saturated heterocycles. The minimum Gasteiger partial charge on any atom is -0.457 e. The van der Waals surface area contributed by atoms with Crippen LogP contribution in [0.5, 0.6) is 11.5 Å². The van der Waals surface area contributed by atoms with Gasteiger partial charge < -0.3 is 19.5 Å². The Morgan fingerprint density at radius 3 is 2.22 bits per heavy atom. The van der Waals surface area contributed by atoms with Crippen molar-refractivity contribution < 1.29 is 4.74 Å². The molecule has 36 heavy (non-hydrogen) atoms. The second kappa shape index (κ2) is 9.64. The number of hydrogen-bond donors (Lipinski definition) is 1. The molecule has 0 amide bonds. The van der Waals surface area contributed by atoms with Crippen LogP contribution in [0.3, 0.4) is 0 Å². The van der Waals surface area contributed by atoms with Crippen LogP contribution in [0.4, 0.5) is 5.69 Å². The molecule has 0 spiro atoms. The highest BCUT2D eigenvalue weighted by Crippen LogP contribution is 2.42. The lowest BCUT2D eigenvalue weighted by atomic mass is 10.0. The molecular formula is C29H23N5OS. The summed E-state index contributed by atoms with van der Waals surface area (Å²) in [6.45, 7) is 0. The van der Waals surface area contributed by atoms with Gasteiger partial charge in [0.1, 0.15) is 17.5 Å². The Bertz CT molecular complexity index is 1460. The van der Waals surface area contributed by atoms with Crippen LogP contribution in [0.15, 0.2) is 122 Å². The largest absolute Gasteiger partial charge is 0.457 e. The zero-order chi connectivity index (χ0) is 24.3. The summed E-state index contributed by atoms with van der Waals surface area (Å²) in [7, 11) is 0. The Morgan fingerprint density at radius 2 is 1.47 bits per heavy atom. The van der Waals surface area contributed by atoms with Gasteiger partial charge in [0.05, 0.1) is 11.7 Å². The molecular weight excluding hydrogens is 466 g/mol. The Balaban J connectivity index is 1.40. The van der Waals surface area contributed by atoms with Crippen LogP contribution in [0.1, 0.15) is 23.5 Å². The highest BCUT2D eigenvalue weighted by molar-refractivity contribution is 7.80. The Hall–Kier alpha value is -4.49. The number of nitrogens with one attached hydrogen (secondary N) is 1. The monoisotopic (exact) mass is 489 g/mol. The van der Waals surface area contributed by atoms with E-state index >= 15 is 0 Å². The van der Waals surface area contributed by atoms with Gasteiger partial charge in [0.25, 0.3) is 0 Å². The fraction of sp³-hybridized carbons (Fsp3) is 0.0690. The van der Waals surface area contributed by atoms with Crippen molar-refractivity contribution in [1.29, 1.82) is 0 Å². The number of ether oxygens (including phenoxy) is 1. The molecule has 5 aromatic rings. The lowest BCUT2D eigenvalue weighted by Gasteiger charge is -2.29. The van der Waals surface area contributed by atoms with Gasteiger partial charge in [-0.05, 0) is 85.0 Å². The van der Waals surface area contributed by atoms with Crippen LogP contribution in [-0.4, -0.2) is 19.6 Å². The van der Waals surface area contributed by atoms with Crippen LogP contribution in [0.25, 0.3) is 5.69 Å². The maximum atomic E-state index is 6.00. The lowest BCUT2D eigenvalue weighted by molar-refractivity contribution is 0.482. The number of nitrogens with zero attached hydrogens (tertiary/aromatic N) is 4. The summed E-state index contributed by atoms with van der Waals surface area (Å²) in [6, 6.07) is 31.7. The molecule has 0 unspecified atom stereocenters. The Kier molecular flexibility index (Phi) is 5.89. The van der Waals surface area contributed by atoms with Gasteiger partial charge in [-0.15, -0.1) is 0 Å². The normalized spacial score (nSPS) is 17.1. The predicted octanol–water partition coefficient (Wildman–Crippen LogP) is 6.24. The van der Waals surface area contributed by atoms with Gasteiger partial charge in [-0.25, -0.2) is 0 Å². The second-order valence-corrected chi connectivity index (χ2v) is 8.80. The highest BCUT2D eigenvalue weighted by Gasteiger charge is 2.42. The zero-order valence-electron chi connectivity index (χ0n) is 19.3. The predicted molar refractivity (Wildman–Crippen MR) is 144 cm³/mol. The third-order valence-electron chi connectivity index (χ3n) is 6.22. The molecule has 1 N–H and O–H groups in total. The van der Waals surface area contributed by atoms with Crippen LogP contribution in [0, 0.1) is 0 Å². The van der Waals surface area contributed by atoms with Crippen molar-refractivity contribution in [1.82, 2.24) is 19.9 Å². The average Bonchev–Trinajstić information content (AvgIpc) is 3.55. The summed E-state index contributed by atoms with van der Waals surface area (Å²) in [5.41, 5.74) is 4.03. The first-order valence-corrected chi connectivity index (χ1v) is 12.1. The van der Waals surface area contributed by atoms with Crippen molar-refractivity contribution >= 4 is 23.0 Å². The van der Waals surface area contributed by atoms with Gasteiger partial charge in [0.15, 0.2) is 5.11 Å². The van der Waals surface area contributed by atoms with Crippen molar-refractivity contribution in [3.8, 4) is 17.2 Å². The molecule has 0 bridgehead atoms. The smallest absolute Gasteiger partial charge is 0.174 e. The molecule has 2 aromatic carbocycles. The van der Waals surface area contributed by atoms with Crippen LogP contribution in [0.2, 0.25) is 0 Å². The van der Waals surface area contributed by atoms with Crippen molar-refractivity contribution in [3.63, 3.8) is 0 Å². The van der Waals surface area contributed by atoms with E-state index < -0.39 is 0 Å². The molecule has 1 fully saturated rings. The molecule has 2 atom stereocenters. The number of para-hydroxylation sites is 1. The standard InChI is InChI=1S/C29H23N5OS/c36-29-32-27(25-9-4-5-17-31-25)28(26-10-6-20-33(26)21-15-18-30-19-16-21)34(29)22-11-13-24(14-12-22)35-23-7-2-1-3-8-23/h1-20,27-28H,(H,32,36)/t27-,28-/m0/s1. The van der Waals surface area contributed by atoms with Crippen molar-refractivity contribution in [3.05, 3.63) is 133 Å². The van der Waals surface area contributed by atoms with E-state index in [9.17, 15) is 0 Å². The van der Waals surface area contributed by atoms with Crippen LogP contribution >= 0.6 is 12.2 Å². The molecule has 0 radical (unpaired) electrons. The molecule has 3 aromatic heterocycles. The fourth-order valence-corrected chi connectivity index (χ4v) is 4.95. The maximum Gasteiger partial charge on any atom is 0.174 e. The van der Waals surface area contributed by atoms with Crippen LogP contribution < -0.4 is 15.0 Å². The van der Waals surface area contributed by atoms with Crippen LogP contribution in [-0.2, 0) is 0 Å². The number of benzene rings is 2. The van der Waals surface area contributed by atoms with Gasteiger partial charge in [-0.1, -0.05) is 24.3 Å². The summed E-state index contributed by atoms with van der Waals surface area (Å²) in [5, 5.41) is 4.18. The maximum absolute atomic E-state index is 6.00. The number of hydrogen-bond acceptors (Lipinski definition) is 4. The molecule has 7 heteroatoms. The van der Waals surface area contributed by atoms with E-state index in [4.69, 9.17) is 17.0 Å². The van der Waals surface area contributed by atoms with Crippen molar-refractivity contribution in [2.45, 2.75) is 12.1 Å². The number of pyridine rings is 2. The van der Waals surface area contributed by atoms with E-state index in [0.717, 1.165) is 34.3 Å². The summed E-state index contributed by atoms with van der Waals surface area (Å²) in [6.07, 6.45) is 7.49. The second-order valence-electron chi connectivity index (χ2n) is 8.41. The Labute approximate surface area is 214 Å². The molecule has 6 nitrogen and oxygen atoms in total. The highest BCUT2D eigenvalue weighted by atomic mass is 32.1. The summed E-state index contributed by atoms with van der Waals surface area (Å²) < 4.78 is 8.18. The zero-order valence-corrected chi connectivity index (χ0v) is 20.1. The van der Waals surface area contributed by atoms with E-state index in [1.807, 2.05) is 91.1 Å². The SMILES string of the molecule is S=C1N[C@@H](c2ccccn2)[C@H](c2cccn2-c2ccncc2)N1c1ccc(Oc2ccccc2)cc1. The third-order valence-corrected chi connectivity index (χ3v) is 6.53. The van der Waals surface area contributed by atoms with E-state index in [0.29, 0.717) is 5.11 Å². The molecule has 176 valence electrons. The van der Waals surface area contributed by atoms with Gasteiger partial charge in [-0.3, -0.25) is 9.97 Å². The van der Waals surface area contributed by atoms with E-state index in [1.165, 1.54) is 0 Å². The minimum atomic E-state index is -0.130. The molecule has 4 heterocycles. The van der Waals surface area contributed by atoms with Gasteiger partial charge in [0, 0.05) is 41.9 Å². The topological polar surface area (TPSA) is 55.2 Å².